The minimum Gasteiger partial charge on any atom is -0.481 e. The summed E-state index contributed by atoms with van der Waals surface area (Å²) in [6.07, 6.45) is 4.99. The number of carboxylic acid groups (broad SMARTS) is 2. The Kier molecular flexibility index (Phi) is 8.00. The Hall–Kier alpha value is -2.88. The zero-order valence-corrected chi connectivity index (χ0v) is 16.5. The van der Waals surface area contributed by atoms with Gasteiger partial charge in [0.15, 0.2) is 0 Å². The van der Waals surface area contributed by atoms with Crippen LogP contribution in [-0.4, -0.2) is 22.2 Å². The van der Waals surface area contributed by atoms with E-state index < -0.39 is 11.9 Å². The van der Waals surface area contributed by atoms with E-state index in [2.05, 4.69) is 6.92 Å². The average Bonchev–Trinajstić information content (AvgIpc) is 2.69. The fourth-order valence-corrected chi connectivity index (χ4v) is 3.30. The Labute approximate surface area is 165 Å². The zero-order chi connectivity index (χ0) is 20.5. The van der Waals surface area contributed by atoms with Gasteiger partial charge in [0.05, 0.1) is 11.5 Å². The van der Waals surface area contributed by atoms with E-state index in [1.165, 1.54) is 0 Å². The molecule has 0 amide bonds. The lowest BCUT2D eigenvalue weighted by Gasteiger charge is -2.07. The number of unbranched alkanes of at least 4 members (excludes halogenated alkanes) is 2. The first kappa shape index (κ1) is 21.4. The number of fused-ring (bicyclic) bond motifs is 2. The van der Waals surface area contributed by atoms with Gasteiger partial charge in [0.25, 0.3) is 0 Å². The highest BCUT2D eigenvalue weighted by Gasteiger charge is 2.13. The lowest BCUT2D eigenvalue weighted by Crippen LogP contribution is -2.12. The van der Waals surface area contributed by atoms with Gasteiger partial charge in [-0.2, -0.15) is 0 Å². The van der Waals surface area contributed by atoms with Gasteiger partial charge >= 0.3 is 11.9 Å². The van der Waals surface area contributed by atoms with Crippen molar-refractivity contribution in [3.63, 3.8) is 0 Å². The summed E-state index contributed by atoms with van der Waals surface area (Å²) in [6, 6.07) is 17.3. The maximum atomic E-state index is 11.2. The third-order valence-corrected chi connectivity index (χ3v) is 4.98. The average molecular weight is 380 g/mol. The normalized spacial score (nSPS) is 11.6. The number of rotatable bonds is 7. The van der Waals surface area contributed by atoms with Crippen molar-refractivity contribution < 1.29 is 19.8 Å². The first-order valence-corrected chi connectivity index (χ1v) is 9.85. The summed E-state index contributed by atoms with van der Waals surface area (Å²) < 4.78 is 0. The smallest absolute Gasteiger partial charge is 0.336 e. The molecule has 0 aliphatic heterocycles. The third-order valence-electron chi connectivity index (χ3n) is 4.98. The molecular weight excluding hydrogens is 352 g/mol. The molecule has 2 N–H and O–H groups in total. The maximum absolute atomic E-state index is 11.2. The van der Waals surface area contributed by atoms with Crippen LogP contribution in [0.3, 0.4) is 0 Å². The van der Waals surface area contributed by atoms with Gasteiger partial charge in [-0.1, -0.05) is 69.5 Å². The van der Waals surface area contributed by atoms with Gasteiger partial charge in [-0.15, -0.1) is 0 Å². The maximum Gasteiger partial charge on any atom is 0.336 e. The molecule has 0 aliphatic carbocycles. The van der Waals surface area contributed by atoms with Gasteiger partial charge in [-0.25, -0.2) is 4.79 Å². The van der Waals surface area contributed by atoms with Crippen molar-refractivity contribution in [2.75, 3.05) is 0 Å². The van der Waals surface area contributed by atoms with E-state index >= 15 is 0 Å². The van der Waals surface area contributed by atoms with Crippen LogP contribution in [0.5, 0.6) is 0 Å². The molecule has 0 saturated carbocycles. The summed E-state index contributed by atoms with van der Waals surface area (Å²) in [7, 11) is 0. The summed E-state index contributed by atoms with van der Waals surface area (Å²) >= 11 is 0. The molecule has 0 fully saturated rings. The summed E-state index contributed by atoms with van der Waals surface area (Å²) in [4.78, 5) is 21.7. The zero-order valence-electron chi connectivity index (χ0n) is 16.5. The third kappa shape index (κ3) is 5.56. The van der Waals surface area contributed by atoms with Gasteiger partial charge < -0.3 is 10.2 Å². The summed E-state index contributed by atoms with van der Waals surface area (Å²) in [5, 5.41) is 21.8. The van der Waals surface area contributed by atoms with E-state index in [1.807, 2.05) is 49.4 Å². The number of aromatic carboxylic acids is 1. The predicted octanol–water partition coefficient (Wildman–Crippen LogP) is 6.37. The molecule has 1 unspecified atom stereocenters. The Morgan fingerprint density at radius 1 is 0.857 bits per heavy atom. The van der Waals surface area contributed by atoms with Crippen LogP contribution < -0.4 is 0 Å². The molecule has 3 aromatic rings. The lowest BCUT2D eigenvalue weighted by atomic mass is 9.99. The molecule has 4 nitrogen and oxygen atoms in total. The van der Waals surface area contributed by atoms with Crippen molar-refractivity contribution in [3.05, 3.63) is 60.2 Å². The highest BCUT2D eigenvalue weighted by Crippen LogP contribution is 2.25. The van der Waals surface area contributed by atoms with Crippen LogP contribution in [0.2, 0.25) is 0 Å². The molecular formula is C24H28O4. The van der Waals surface area contributed by atoms with Gasteiger partial charge in [-0.3, -0.25) is 4.79 Å². The molecule has 0 radical (unpaired) electrons. The molecule has 0 spiro atoms. The molecule has 0 saturated heterocycles. The largest absolute Gasteiger partial charge is 0.481 e. The number of aliphatic carboxylic acids is 1. The van der Waals surface area contributed by atoms with E-state index in [1.54, 1.807) is 12.1 Å². The fourth-order valence-electron chi connectivity index (χ4n) is 3.30. The Balaban J connectivity index is 0.000000224. The predicted molar refractivity (Wildman–Crippen MR) is 114 cm³/mol. The van der Waals surface area contributed by atoms with Gasteiger partial charge in [0.2, 0.25) is 0 Å². The van der Waals surface area contributed by atoms with Crippen LogP contribution in [0.4, 0.5) is 0 Å². The van der Waals surface area contributed by atoms with Crippen LogP contribution in [0, 0.1) is 5.92 Å². The van der Waals surface area contributed by atoms with Gasteiger partial charge in [0, 0.05) is 0 Å². The minimum absolute atomic E-state index is 0.110. The van der Waals surface area contributed by atoms with E-state index in [-0.39, 0.29) is 5.92 Å². The molecule has 0 aromatic heterocycles. The molecule has 4 heteroatoms. The summed E-state index contributed by atoms with van der Waals surface area (Å²) in [6.45, 7) is 4.06. The molecule has 28 heavy (non-hydrogen) atoms. The monoisotopic (exact) mass is 380 g/mol. The van der Waals surface area contributed by atoms with Gasteiger partial charge in [0.1, 0.15) is 0 Å². The van der Waals surface area contributed by atoms with E-state index in [4.69, 9.17) is 10.2 Å². The van der Waals surface area contributed by atoms with E-state index in [0.29, 0.717) is 5.56 Å². The van der Waals surface area contributed by atoms with E-state index in [0.717, 1.165) is 53.6 Å². The van der Waals surface area contributed by atoms with Crippen molar-refractivity contribution in [2.24, 2.45) is 5.92 Å². The quantitative estimate of drug-likeness (QED) is 0.369. The van der Waals surface area contributed by atoms with Crippen LogP contribution in [0.25, 0.3) is 21.5 Å². The molecule has 1 atom stereocenters. The first-order chi connectivity index (χ1) is 13.5. The molecule has 0 bridgehead atoms. The first-order valence-electron chi connectivity index (χ1n) is 9.85. The van der Waals surface area contributed by atoms with Crippen LogP contribution >= 0.6 is 0 Å². The van der Waals surface area contributed by atoms with Crippen molar-refractivity contribution >= 4 is 33.5 Å². The minimum atomic E-state index is -0.883. The molecule has 0 aliphatic rings. The standard InChI is InChI=1S/C15H10O2.C9H18O2/c16-15(17)13-7-3-6-12-8-10-4-1-2-5-11(10)9-14(12)13;1-3-5-6-7-8(4-2)9(10)11/h1-9H,(H,16,17);8H,3-7H2,1-2H3,(H,10,11). The van der Waals surface area contributed by atoms with Crippen LogP contribution in [0.1, 0.15) is 56.3 Å². The van der Waals surface area contributed by atoms with Crippen molar-refractivity contribution in [2.45, 2.75) is 46.0 Å². The highest BCUT2D eigenvalue weighted by molar-refractivity contribution is 6.08. The van der Waals surface area contributed by atoms with Crippen LogP contribution in [0.15, 0.2) is 54.6 Å². The Morgan fingerprint density at radius 2 is 1.50 bits per heavy atom. The topological polar surface area (TPSA) is 74.6 Å². The second-order valence-electron chi connectivity index (χ2n) is 6.97. The fraction of sp³-hybridized carbons (Fsp3) is 0.333. The molecule has 3 aromatic carbocycles. The highest BCUT2D eigenvalue weighted by atomic mass is 16.4. The van der Waals surface area contributed by atoms with Crippen LogP contribution in [-0.2, 0) is 4.79 Å². The molecule has 0 heterocycles. The number of hydrogen-bond donors (Lipinski definition) is 2. The van der Waals surface area contributed by atoms with Gasteiger partial charge in [-0.05, 0) is 52.6 Å². The van der Waals surface area contributed by atoms with E-state index in [9.17, 15) is 9.59 Å². The lowest BCUT2D eigenvalue weighted by molar-refractivity contribution is -0.142. The Morgan fingerprint density at radius 3 is 2.07 bits per heavy atom. The van der Waals surface area contributed by atoms with Crippen molar-refractivity contribution in [1.82, 2.24) is 0 Å². The molecule has 3 rings (SSSR count). The molecule has 148 valence electrons. The number of carbonyl (C=O) groups is 2. The second kappa shape index (κ2) is 10.5. The SMILES string of the molecule is CCCCCC(CC)C(=O)O.O=C(O)c1cccc2cc3ccccc3cc12. The number of hydrogen-bond acceptors (Lipinski definition) is 2. The van der Waals surface area contributed by atoms with Crippen molar-refractivity contribution in [3.8, 4) is 0 Å². The summed E-state index contributed by atoms with van der Waals surface area (Å²) in [5.41, 5.74) is 0.355. The second-order valence-corrected chi connectivity index (χ2v) is 6.97. The summed E-state index contributed by atoms with van der Waals surface area (Å²) in [5.74, 6) is -1.63. The number of carboxylic acids is 2. The van der Waals surface area contributed by atoms with Crippen molar-refractivity contribution in [1.29, 1.82) is 0 Å². The Bertz CT molecular complexity index is 946. The number of benzene rings is 3.